The molecule has 1 saturated carbocycles. The predicted molar refractivity (Wildman–Crippen MR) is 83.7 cm³/mol. The van der Waals surface area contributed by atoms with Gasteiger partial charge in [0.2, 0.25) is 0 Å². The van der Waals surface area contributed by atoms with Crippen LogP contribution in [-0.4, -0.2) is 20.2 Å². The molecule has 5 heteroatoms. The molecule has 0 saturated heterocycles. The minimum atomic E-state index is 0.396. The standard InChI is InChI=1S/C16H23N5/c1-3-12-7-5-8-13(10-12)21-16(18-19-20-21)15-11(2)6-4-9-14(15)17/h4,6,9,12-13H,3,5,7-8,10,17H2,1-2H3. The molecule has 1 aliphatic carbocycles. The molecule has 1 aliphatic rings. The van der Waals surface area contributed by atoms with Crippen LogP contribution in [0, 0.1) is 12.8 Å². The van der Waals surface area contributed by atoms with Crippen LogP contribution < -0.4 is 5.73 Å². The number of aryl methyl sites for hydroxylation is 1. The lowest BCUT2D eigenvalue weighted by molar-refractivity contribution is 0.246. The Labute approximate surface area is 125 Å². The highest BCUT2D eigenvalue weighted by atomic mass is 15.5. The fourth-order valence-corrected chi connectivity index (χ4v) is 3.46. The fraction of sp³-hybridized carbons (Fsp3) is 0.562. The molecule has 1 fully saturated rings. The SMILES string of the molecule is CCC1CCCC(n2nnnc2-c2c(C)cccc2N)C1. The third kappa shape index (κ3) is 2.64. The fourth-order valence-electron chi connectivity index (χ4n) is 3.46. The number of nitrogens with two attached hydrogens (primary N) is 1. The van der Waals surface area contributed by atoms with Gasteiger partial charge < -0.3 is 5.73 Å². The van der Waals surface area contributed by atoms with Gasteiger partial charge in [-0.1, -0.05) is 38.3 Å². The molecule has 1 aromatic carbocycles. The predicted octanol–water partition coefficient (Wildman–Crippen LogP) is 3.37. The van der Waals surface area contributed by atoms with Gasteiger partial charge >= 0.3 is 0 Å². The first kappa shape index (κ1) is 14.0. The van der Waals surface area contributed by atoms with E-state index in [1.165, 1.54) is 25.7 Å². The van der Waals surface area contributed by atoms with E-state index in [0.29, 0.717) is 6.04 Å². The van der Waals surface area contributed by atoms with Crippen molar-refractivity contribution in [2.24, 2.45) is 5.92 Å². The summed E-state index contributed by atoms with van der Waals surface area (Å²) in [6, 6.07) is 6.33. The maximum Gasteiger partial charge on any atom is 0.184 e. The summed E-state index contributed by atoms with van der Waals surface area (Å²) < 4.78 is 2.00. The Bertz CT molecular complexity index is 599. The van der Waals surface area contributed by atoms with E-state index in [0.717, 1.165) is 35.0 Å². The van der Waals surface area contributed by atoms with Crippen molar-refractivity contribution >= 4 is 5.69 Å². The largest absolute Gasteiger partial charge is 0.398 e. The summed E-state index contributed by atoms with van der Waals surface area (Å²) in [5.41, 5.74) is 8.99. The van der Waals surface area contributed by atoms with Crippen molar-refractivity contribution in [1.29, 1.82) is 0 Å². The third-order valence-electron chi connectivity index (χ3n) is 4.70. The maximum absolute atomic E-state index is 6.16. The maximum atomic E-state index is 6.16. The van der Waals surface area contributed by atoms with Crippen LogP contribution in [0.15, 0.2) is 18.2 Å². The average Bonchev–Trinajstić information content (AvgIpc) is 2.96. The van der Waals surface area contributed by atoms with Crippen molar-refractivity contribution in [2.45, 2.75) is 52.0 Å². The number of hydrogen-bond donors (Lipinski definition) is 1. The second kappa shape index (κ2) is 5.84. The monoisotopic (exact) mass is 285 g/mol. The van der Waals surface area contributed by atoms with Crippen LogP contribution in [0.3, 0.4) is 0 Å². The molecule has 2 aromatic rings. The summed E-state index contributed by atoms with van der Waals surface area (Å²) >= 11 is 0. The van der Waals surface area contributed by atoms with Crippen molar-refractivity contribution in [3.05, 3.63) is 23.8 Å². The van der Waals surface area contributed by atoms with Crippen LogP contribution in [0.2, 0.25) is 0 Å². The van der Waals surface area contributed by atoms with Crippen LogP contribution in [0.4, 0.5) is 5.69 Å². The molecular weight excluding hydrogens is 262 g/mol. The number of benzene rings is 1. The first-order valence-corrected chi connectivity index (χ1v) is 7.84. The molecule has 2 N–H and O–H groups in total. The molecule has 0 spiro atoms. The molecule has 2 atom stereocenters. The zero-order chi connectivity index (χ0) is 14.8. The van der Waals surface area contributed by atoms with Crippen molar-refractivity contribution in [2.75, 3.05) is 5.73 Å². The summed E-state index contributed by atoms with van der Waals surface area (Å²) in [5.74, 6) is 1.60. The molecule has 3 rings (SSSR count). The summed E-state index contributed by atoms with van der Waals surface area (Å²) in [5, 5.41) is 12.4. The van der Waals surface area contributed by atoms with Gasteiger partial charge in [0, 0.05) is 11.3 Å². The van der Waals surface area contributed by atoms with Crippen LogP contribution in [0.25, 0.3) is 11.4 Å². The molecule has 0 bridgehead atoms. The molecule has 5 nitrogen and oxygen atoms in total. The molecule has 21 heavy (non-hydrogen) atoms. The Morgan fingerprint density at radius 3 is 2.95 bits per heavy atom. The molecule has 1 aromatic heterocycles. The lowest BCUT2D eigenvalue weighted by Gasteiger charge is -2.29. The highest BCUT2D eigenvalue weighted by molar-refractivity contribution is 5.74. The van der Waals surface area contributed by atoms with Gasteiger partial charge in [-0.3, -0.25) is 0 Å². The van der Waals surface area contributed by atoms with Gasteiger partial charge in [-0.15, -0.1) is 5.10 Å². The number of rotatable bonds is 3. The Kier molecular flexibility index (Phi) is 3.90. The number of anilines is 1. The van der Waals surface area contributed by atoms with E-state index < -0.39 is 0 Å². The van der Waals surface area contributed by atoms with Crippen LogP contribution in [0.5, 0.6) is 0 Å². The van der Waals surface area contributed by atoms with Gasteiger partial charge in [-0.25, -0.2) is 4.68 Å². The van der Waals surface area contributed by atoms with Gasteiger partial charge in [0.05, 0.1) is 6.04 Å². The Hall–Kier alpha value is -1.91. The molecule has 0 radical (unpaired) electrons. The zero-order valence-corrected chi connectivity index (χ0v) is 12.8. The minimum Gasteiger partial charge on any atom is -0.398 e. The second-order valence-corrected chi connectivity index (χ2v) is 6.08. The Morgan fingerprint density at radius 1 is 1.33 bits per heavy atom. The number of nitrogen functional groups attached to an aromatic ring is 1. The Balaban J connectivity index is 1.98. The van der Waals surface area contributed by atoms with Crippen molar-refractivity contribution in [3.63, 3.8) is 0 Å². The van der Waals surface area contributed by atoms with Gasteiger partial charge in [-0.2, -0.15) is 0 Å². The van der Waals surface area contributed by atoms with E-state index in [-0.39, 0.29) is 0 Å². The van der Waals surface area contributed by atoms with Crippen LogP contribution >= 0.6 is 0 Å². The van der Waals surface area contributed by atoms with Crippen LogP contribution in [-0.2, 0) is 0 Å². The Morgan fingerprint density at radius 2 is 2.19 bits per heavy atom. The molecule has 112 valence electrons. The van der Waals surface area contributed by atoms with Gasteiger partial charge in [0.1, 0.15) is 0 Å². The molecule has 0 amide bonds. The van der Waals surface area contributed by atoms with Gasteiger partial charge in [-0.05, 0) is 47.7 Å². The molecule has 1 heterocycles. The number of nitrogens with zero attached hydrogens (tertiary/aromatic N) is 4. The normalized spacial score (nSPS) is 22.4. The number of hydrogen-bond acceptors (Lipinski definition) is 4. The lowest BCUT2D eigenvalue weighted by atomic mass is 9.84. The zero-order valence-electron chi connectivity index (χ0n) is 12.8. The first-order valence-electron chi connectivity index (χ1n) is 7.84. The van der Waals surface area contributed by atoms with E-state index in [4.69, 9.17) is 5.73 Å². The van der Waals surface area contributed by atoms with Crippen molar-refractivity contribution in [1.82, 2.24) is 20.2 Å². The van der Waals surface area contributed by atoms with E-state index >= 15 is 0 Å². The van der Waals surface area contributed by atoms with Gasteiger partial charge in [0.25, 0.3) is 0 Å². The van der Waals surface area contributed by atoms with E-state index in [1.54, 1.807) is 0 Å². The molecular formula is C16H23N5. The summed E-state index contributed by atoms with van der Waals surface area (Å²) in [6.07, 6.45) is 6.14. The molecule has 2 unspecified atom stereocenters. The lowest BCUT2D eigenvalue weighted by Crippen LogP contribution is -2.21. The quantitative estimate of drug-likeness (QED) is 0.878. The van der Waals surface area contributed by atoms with Crippen molar-refractivity contribution < 1.29 is 0 Å². The topological polar surface area (TPSA) is 69.6 Å². The molecule has 0 aliphatic heterocycles. The summed E-state index contributed by atoms with van der Waals surface area (Å²) in [7, 11) is 0. The smallest absolute Gasteiger partial charge is 0.184 e. The number of tetrazole rings is 1. The van der Waals surface area contributed by atoms with Crippen LogP contribution in [0.1, 0.15) is 50.6 Å². The van der Waals surface area contributed by atoms with E-state index in [1.807, 2.05) is 16.8 Å². The first-order chi connectivity index (χ1) is 10.2. The third-order valence-corrected chi connectivity index (χ3v) is 4.70. The second-order valence-electron chi connectivity index (χ2n) is 6.08. The summed E-state index contributed by atoms with van der Waals surface area (Å²) in [6.45, 7) is 4.33. The average molecular weight is 285 g/mol. The van der Waals surface area contributed by atoms with E-state index in [2.05, 4.69) is 35.4 Å². The minimum absolute atomic E-state index is 0.396. The van der Waals surface area contributed by atoms with E-state index in [9.17, 15) is 0 Å². The van der Waals surface area contributed by atoms with Crippen molar-refractivity contribution in [3.8, 4) is 11.4 Å². The highest BCUT2D eigenvalue weighted by Crippen LogP contribution is 2.36. The number of aromatic nitrogens is 4. The summed E-state index contributed by atoms with van der Waals surface area (Å²) in [4.78, 5) is 0. The highest BCUT2D eigenvalue weighted by Gasteiger charge is 2.26. The van der Waals surface area contributed by atoms with Gasteiger partial charge in [0.15, 0.2) is 5.82 Å².